The topological polar surface area (TPSA) is 151 Å². The summed E-state index contributed by atoms with van der Waals surface area (Å²) >= 11 is 0. The van der Waals surface area contributed by atoms with E-state index in [-0.39, 0.29) is 5.54 Å². The average molecular weight is 551 g/mol. The molecule has 0 atom stereocenters. The summed E-state index contributed by atoms with van der Waals surface area (Å²) in [6.45, 7) is 0. The van der Waals surface area contributed by atoms with Crippen molar-refractivity contribution in [2.75, 3.05) is 14.1 Å². The molecule has 0 radical (unpaired) electrons. The lowest BCUT2D eigenvalue weighted by atomic mass is 9.70. The van der Waals surface area contributed by atoms with E-state index in [1.165, 1.54) is 55.0 Å². The molecule has 0 saturated heterocycles. The van der Waals surface area contributed by atoms with Gasteiger partial charge < -0.3 is 25.4 Å². The van der Waals surface area contributed by atoms with Crippen molar-refractivity contribution < 1.29 is 34.8 Å². The van der Waals surface area contributed by atoms with Crippen LogP contribution in [0.25, 0.3) is 10.9 Å². The van der Waals surface area contributed by atoms with E-state index in [9.17, 15) is 14.4 Å². The highest BCUT2D eigenvalue weighted by atomic mass is 16.4. The molecule has 0 amide bonds. The van der Waals surface area contributed by atoms with E-state index in [2.05, 4.69) is 78.6 Å². The summed E-state index contributed by atoms with van der Waals surface area (Å²) in [5.74, 6) is -3.55. The third-order valence-corrected chi connectivity index (χ3v) is 8.44. The van der Waals surface area contributed by atoms with Crippen LogP contribution in [0, 0.1) is 0 Å². The van der Waals surface area contributed by atoms with Gasteiger partial charge in [0, 0.05) is 22.1 Å². The standard InChI is InChI=1S/C25H30N2.C6H8O7/c1-27(2)25(20-8-4-3-5-9-20)16-14-19(15-17-25)24-23(18-12-13-18)21-10-6-7-11-22(21)26-24;7-3(8)1-6(13,5(11)12)2-4(9)10/h3-11,18-19,26H,12-17H2,1-2H3;13H,1-2H2,(H,7,8)(H,9,10)(H,11,12). The summed E-state index contributed by atoms with van der Waals surface area (Å²) in [6.07, 6.45) is 5.44. The molecule has 9 heteroatoms. The van der Waals surface area contributed by atoms with E-state index in [1.807, 2.05) is 0 Å². The second kappa shape index (κ2) is 11.8. The van der Waals surface area contributed by atoms with Crippen molar-refractivity contribution in [3.63, 3.8) is 0 Å². The van der Waals surface area contributed by atoms with Gasteiger partial charge in [0.1, 0.15) is 0 Å². The maximum atomic E-state index is 10.3. The van der Waals surface area contributed by atoms with E-state index < -0.39 is 36.4 Å². The van der Waals surface area contributed by atoms with Crippen LogP contribution in [0.2, 0.25) is 0 Å². The normalized spacial score (nSPS) is 21.1. The number of aliphatic hydroxyl groups is 1. The van der Waals surface area contributed by atoms with Gasteiger partial charge in [0.25, 0.3) is 0 Å². The Morgan fingerprint density at radius 3 is 1.90 bits per heavy atom. The first-order valence-corrected chi connectivity index (χ1v) is 13.7. The molecule has 3 aromatic rings. The zero-order valence-corrected chi connectivity index (χ0v) is 23.0. The Labute approximate surface area is 233 Å². The Hall–Kier alpha value is -3.69. The minimum atomic E-state index is -2.74. The van der Waals surface area contributed by atoms with Crippen molar-refractivity contribution in [3.8, 4) is 0 Å². The van der Waals surface area contributed by atoms with E-state index in [4.69, 9.17) is 20.4 Å². The van der Waals surface area contributed by atoms with Gasteiger partial charge in [-0.2, -0.15) is 0 Å². The van der Waals surface area contributed by atoms with Crippen molar-refractivity contribution in [2.24, 2.45) is 0 Å². The van der Waals surface area contributed by atoms with E-state index in [0.29, 0.717) is 5.92 Å². The number of hydrogen-bond donors (Lipinski definition) is 5. The van der Waals surface area contributed by atoms with Gasteiger partial charge in [-0.3, -0.25) is 14.5 Å². The summed E-state index contributed by atoms with van der Waals surface area (Å²) < 4.78 is 0. The van der Waals surface area contributed by atoms with Gasteiger partial charge in [-0.05, 0) is 81.6 Å². The zero-order valence-electron chi connectivity index (χ0n) is 23.0. The molecule has 40 heavy (non-hydrogen) atoms. The fourth-order valence-electron chi connectivity index (χ4n) is 6.16. The number of nitrogens with one attached hydrogen (secondary N) is 1. The third kappa shape index (κ3) is 6.21. The fraction of sp³-hybridized carbons (Fsp3) is 0.452. The van der Waals surface area contributed by atoms with Crippen LogP contribution < -0.4 is 0 Å². The third-order valence-electron chi connectivity index (χ3n) is 8.44. The molecule has 5 rings (SSSR count). The maximum absolute atomic E-state index is 10.3. The van der Waals surface area contributed by atoms with Crippen LogP contribution in [0.1, 0.15) is 80.0 Å². The number of carboxylic acid groups (broad SMARTS) is 3. The lowest BCUT2D eigenvalue weighted by Gasteiger charge is -2.45. The number of fused-ring (bicyclic) bond motifs is 1. The number of H-pyrrole nitrogens is 1. The predicted octanol–water partition coefficient (Wildman–Crippen LogP) is 4.91. The fourth-order valence-corrected chi connectivity index (χ4v) is 6.16. The summed E-state index contributed by atoms with van der Waals surface area (Å²) in [6, 6.07) is 20.1. The Morgan fingerprint density at radius 1 is 0.850 bits per heavy atom. The summed E-state index contributed by atoms with van der Waals surface area (Å²) in [7, 11) is 4.51. The van der Waals surface area contributed by atoms with Crippen LogP contribution in [-0.2, 0) is 19.9 Å². The minimum absolute atomic E-state index is 0.184. The molecule has 2 aromatic carbocycles. The molecule has 9 nitrogen and oxygen atoms in total. The molecule has 2 saturated carbocycles. The number of nitrogens with zero attached hydrogens (tertiary/aromatic N) is 1. The van der Waals surface area contributed by atoms with Gasteiger partial charge in [0.05, 0.1) is 12.8 Å². The molecule has 5 N–H and O–H groups in total. The highest BCUT2D eigenvalue weighted by Crippen LogP contribution is 2.51. The van der Waals surface area contributed by atoms with Gasteiger partial charge in [-0.1, -0.05) is 48.5 Å². The molecule has 2 aliphatic carbocycles. The molecular weight excluding hydrogens is 512 g/mol. The minimum Gasteiger partial charge on any atom is -0.481 e. The second-order valence-electron chi connectivity index (χ2n) is 11.3. The van der Waals surface area contributed by atoms with Crippen LogP contribution in [0.3, 0.4) is 0 Å². The van der Waals surface area contributed by atoms with Crippen LogP contribution in [0.5, 0.6) is 0 Å². The zero-order chi connectivity index (χ0) is 29.1. The number of carboxylic acids is 3. The number of aliphatic carboxylic acids is 3. The Morgan fingerprint density at radius 2 is 1.40 bits per heavy atom. The molecule has 0 aliphatic heterocycles. The summed E-state index contributed by atoms with van der Waals surface area (Å²) in [4.78, 5) is 36.8. The maximum Gasteiger partial charge on any atom is 0.336 e. The molecular formula is C31H38N2O7. The predicted molar refractivity (Wildman–Crippen MR) is 150 cm³/mol. The van der Waals surface area contributed by atoms with Crippen LogP contribution >= 0.6 is 0 Å². The molecule has 1 aromatic heterocycles. The molecule has 1 heterocycles. The van der Waals surface area contributed by atoms with E-state index in [1.54, 1.807) is 11.3 Å². The van der Waals surface area contributed by atoms with E-state index in [0.717, 1.165) is 5.92 Å². The lowest BCUT2D eigenvalue weighted by Crippen LogP contribution is -2.44. The Kier molecular flexibility index (Phi) is 8.65. The van der Waals surface area contributed by atoms with Crippen molar-refractivity contribution in [1.82, 2.24) is 9.88 Å². The SMILES string of the molecule is CN(C)C1(c2ccccc2)CCC(c2[nH]c3ccccc3c2C2CC2)CC1.O=C(O)CC(O)(CC(=O)O)C(=O)O. The van der Waals surface area contributed by atoms with Crippen molar-refractivity contribution in [3.05, 3.63) is 71.4 Å². The molecule has 2 fully saturated rings. The van der Waals surface area contributed by atoms with Gasteiger partial charge >= 0.3 is 17.9 Å². The van der Waals surface area contributed by atoms with Gasteiger partial charge in [-0.15, -0.1) is 0 Å². The number of hydrogen-bond acceptors (Lipinski definition) is 5. The first-order valence-electron chi connectivity index (χ1n) is 13.7. The highest BCUT2D eigenvalue weighted by Gasteiger charge is 2.42. The monoisotopic (exact) mass is 550 g/mol. The number of aromatic nitrogens is 1. The Bertz CT molecular complexity index is 1340. The quantitative estimate of drug-likeness (QED) is 0.252. The van der Waals surface area contributed by atoms with Gasteiger partial charge in [0.15, 0.2) is 5.60 Å². The van der Waals surface area contributed by atoms with Crippen molar-refractivity contribution in [1.29, 1.82) is 0 Å². The second-order valence-corrected chi connectivity index (χ2v) is 11.3. The van der Waals surface area contributed by atoms with Gasteiger partial charge in [-0.25, -0.2) is 4.79 Å². The lowest BCUT2D eigenvalue weighted by molar-refractivity contribution is -0.170. The molecule has 0 spiro atoms. The molecule has 2 aliphatic rings. The smallest absolute Gasteiger partial charge is 0.336 e. The summed E-state index contributed by atoms with van der Waals surface area (Å²) in [5, 5.41) is 35.3. The van der Waals surface area contributed by atoms with Crippen LogP contribution in [-0.4, -0.2) is 67.9 Å². The summed E-state index contributed by atoms with van der Waals surface area (Å²) in [5.41, 5.74) is 3.46. The largest absolute Gasteiger partial charge is 0.481 e. The van der Waals surface area contributed by atoms with Crippen LogP contribution in [0.4, 0.5) is 0 Å². The van der Waals surface area contributed by atoms with Crippen LogP contribution in [0.15, 0.2) is 54.6 Å². The number of para-hydroxylation sites is 1. The van der Waals surface area contributed by atoms with Crippen molar-refractivity contribution in [2.45, 2.75) is 74.3 Å². The number of carbonyl (C=O) groups is 3. The molecule has 214 valence electrons. The number of rotatable bonds is 9. The number of aromatic amines is 1. The first kappa shape index (κ1) is 29.3. The molecule has 0 bridgehead atoms. The molecule has 0 unspecified atom stereocenters. The average Bonchev–Trinajstić information content (AvgIpc) is 3.67. The van der Waals surface area contributed by atoms with E-state index >= 15 is 0 Å². The number of benzene rings is 2. The van der Waals surface area contributed by atoms with Crippen molar-refractivity contribution >= 4 is 28.8 Å². The highest BCUT2D eigenvalue weighted by molar-refractivity contribution is 5.88. The van der Waals surface area contributed by atoms with Gasteiger partial charge in [0.2, 0.25) is 0 Å². The first-order chi connectivity index (χ1) is 19.0. The Balaban J connectivity index is 0.000000243.